The van der Waals surface area contributed by atoms with Gasteiger partial charge in [0.1, 0.15) is 17.7 Å². The summed E-state index contributed by atoms with van der Waals surface area (Å²) in [4.78, 5) is 4.29. The maximum Gasteiger partial charge on any atom is 0.138 e. The summed E-state index contributed by atoms with van der Waals surface area (Å²) in [6.45, 7) is 0.891. The van der Waals surface area contributed by atoms with Crippen LogP contribution in [-0.4, -0.2) is 19.8 Å². The van der Waals surface area contributed by atoms with Crippen LogP contribution in [0.1, 0.15) is 24.8 Å². The number of aromatic nitrogens is 2. The molecule has 0 saturated heterocycles. The summed E-state index contributed by atoms with van der Waals surface area (Å²) < 4.78 is 2.06. The number of aromatic hydroxyl groups is 1. The largest absolute Gasteiger partial charge is 0.508 e. The van der Waals surface area contributed by atoms with Crippen molar-refractivity contribution in [1.29, 1.82) is 0 Å². The van der Waals surface area contributed by atoms with E-state index in [2.05, 4.69) is 9.55 Å². The van der Waals surface area contributed by atoms with E-state index in [0.29, 0.717) is 0 Å². The minimum Gasteiger partial charge on any atom is -0.508 e. The number of hydrogen-bond donors (Lipinski definition) is 2. The first-order chi connectivity index (χ1) is 8.25. The summed E-state index contributed by atoms with van der Waals surface area (Å²) >= 11 is 0. The Labute approximate surface area is 99.2 Å². The van der Waals surface area contributed by atoms with Crippen LogP contribution in [0.5, 0.6) is 5.75 Å². The molecule has 1 aromatic carbocycles. The zero-order chi connectivity index (χ0) is 11.8. The van der Waals surface area contributed by atoms with Crippen molar-refractivity contribution < 1.29 is 10.2 Å². The lowest BCUT2D eigenvalue weighted by molar-refractivity contribution is 0.134. The van der Waals surface area contributed by atoms with Crippen molar-refractivity contribution in [3.8, 4) is 17.0 Å². The van der Waals surface area contributed by atoms with Gasteiger partial charge in [0.25, 0.3) is 0 Å². The highest BCUT2D eigenvalue weighted by atomic mass is 16.3. The Balaban J connectivity index is 2.07. The van der Waals surface area contributed by atoms with Crippen molar-refractivity contribution in [2.75, 3.05) is 0 Å². The second-order valence-corrected chi connectivity index (χ2v) is 4.36. The molecular formula is C13H14N2O2. The maximum absolute atomic E-state index is 9.84. The molecule has 0 spiro atoms. The number of hydrogen-bond acceptors (Lipinski definition) is 3. The van der Waals surface area contributed by atoms with E-state index >= 15 is 0 Å². The zero-order valence-electron chi connectivity index (χ0n) is 9.37. The number of benzene rings is 1. The van der Waals surface area contributed by atoms with E-state index in [1.807, 2.05) is 12.1 Å². The zero-order valence-corrected chi connectivity index (χ0v) is 9.37. The van der Waals surface area contributed by atoms with Gasteiger partial charge in [-0.25, -0.2) is 4.98 Å². The minimum atomic E-state index is -0.449. The standard InChI is InChI=1S/C13H14N2O2/c16-10-5-3-9(4-6-10)11-8-14-13-12(17)2-1-7-15(11)13/h3-6,8,12,16-17H,1-2,7H2. The fourth-order valence-electron chi connectivity index (χ4n) is 2.33. The van der Waals surface area contributed by atoms with Gasteiger partial charge in [-0.3, -0.25) is 0 Å². The van der Waals surface area contributed by atoms with Gasteiger partial charge in [-0.15, -0.1) is 0 Å². The molecule has 1 aromatic heterocycles. The molecule has 0 saturated carbocycles. The first kappa shape index (κ1) is 10.4. The summed E-state index contributed by atoms with van der Waals surface area (Å²) in [6, 6.07) is 7.05. The third kappa shape index (κ3) is 1.70. The van der Waals surface area contributed by atoms with E-state index in [4.69, 9.17) is 0 Å². The second-order valence-electron chi connectivity index (χ2n) is 4.36. The molecule has 2 N–H and O–H groups in total. The van der Waals surface area contributed by atoms with Crippen LogP contribution in [0.4, 0.5) is 0 Å². The summed E-state index contributed by atoms with van der Waals surface area (Å²) in [7, 11) is 0. The summed E-state index contributed by atoms with van der Waals surface area (Å²) in [5.74, 6) is 1.01. The molecule has 2 aromatic rings. The van der Waals surface area contributed by atoms with Gasteiger partial charge in [-0.2, -0.15) is 0 Å². The van der Waals surface area contributed by atoms with Crippen LogP contribution >= 0.6 is 0 Å². The Kier molecular flexibility index (Phi) is 2.37. The molecule has 0 fully saturated rings. The van der Waals surface area contributed by atoms with Gasteiger partial charge in [0.05, 0.1) is 11.9 Å². The molecule has 3 rings (SSSR count). The molecule has 1 aliphatic heterocycles. The second kappa shape index (κ2) is 3.89. The van der Waals surface area contributed by atoms with Crippen LogP contribution in [-0.2, 0) is 6.54 Å². The lowest BCUT2D eigenvalue weighted by Crippen LogP contribution is -2.16. The number of nitrogens with zero attached hydrogens (tertiary/aromatic N) is 2. The van der Waals surface area contributed by atoms with E-state index in [1.165, 1.54) is 0 Å². The monoisotopic (exact) mass is 230 g/mol. The SMILES string of the molecule is Oc1ccc(-c2cnc3n2CCCC3O)cc1. The Bertz CT molecular complexity index is 531. The Hall–Kier alpha value is -1.81. The van der Waals surface area contributed by atoms with E-state index in [-0.39, 0.29) is 5.75 Å². The van der Waals surface area contributed by atoms with E-state index in [0.717, 1.165) is 36.5 Å². The van der Waals surface area contributed by atoms with Gasteiger partial charge >= 0.3 is 0 Å². The van der Waals surface area contributed by atoms with Gasteiger partial charge in [0.15, 0.2) is 0 Å². The van der Waals surface area contributed by atoms with Gasteiger partial charge in [0.2, 0.25) is 0 Å². The molecule has 4 nitrogen and oxygen atoms in total. The van der Waals surface area contributed by atoms with Crippen LogP contribution in [0.15, 0.2) is 30.5 Å². The third-order valence-electron chi connectivity index (χ3n) is 3.21. The predicted octanol–water partition coefficient (Wildman–Crippen LogP) is 2.08. The average Bonchev–Trinajstić information content (AvgIpc) is 2.75. The molecule has 2 heterocycles. The van der Waals surface area contributed by atoms with Crippen LogP contribution in [0.3, 0.4) is 0 Å². The van der Waals surface area contributed by atoms with E-state index < -0.39 is 6.10 Å². The molecule has 4 heteroatoms. The van der Waals surface area contributed by atoms with E-state index in [1.54, 1.807) is 18.3 Å². The Morgan fingerprint density at radius 2 is 2.00 bits per heavy atom. The van der Waals surface area contributed by atoms with Crippen LogP contribution in [0, 0.1) is 0 Å². The minimum absolute atomic E-state index is 0.257. The number of imidazole rings is 1. The molecule has 0 amide bonds. The molecule has 1 atom stereocenters. The first-order valence-electron chi connectivity index (χ1n) is 5.78. The summed E-state index contributed by atoms with van der Waals surface area (Å²) in [6.07, 6.45) is 3.09. The number of rotatable bonds is 1. The highest BCUT2D eigenvalue weighted by Crippen LogP contribution is 2.30. The predicted molar refractivity (Wildman–Crippen MR) is 63.5 cm³/mol. The number of phenols is 1. The number of aliphatic hydroxyl groups is 1. The van der Waals surface area contributed by atoms with Gasteiger partial charge in [-0.1, -0.05) is 0 Å². The molecular weight excluding hydrogens is 216 g/mol. The molecule has 0 aliphatic carbocycles. The van der Waals surface area contributed by atoms with Crippen molar-refractivity contribution in [2.24, 2.45) is 0 Å². The lowest BCUT2D eigenvalue weighted by Gasteiger charge is -2.20. The normalized spacial score (nSPS) is 19.0. The fraction of sp³-hybridized carbons (Fsp3) is 0.308. The Morgan fingerprint density at radius 3 is 2.76 bits per heavy atom. The van der Waals surface area contributed by atoms with Crippen LogP contribution in [0.2, 0.25) is 0 Å². The number of phenolic OH excluding ortho intramolecular Hbond substituents is 1. The van der Waals surface area contributed by atoms with Crippen molar-refractivity contribution >= 4 is 0 Å². The van der Waals surface area contributed by atoms with Gasteiger partial charge in [-0.05, 0) is 37.1 Å². The third-order valence-corrected chi connectivity index (χ3v) is 3.21. The molecule has 0 radical (unpaired) electrons. The maximum atomic E-state index is 9.84. The van der Waals surface area contributed by atoms with Crippen molar-refractivity contribution in [3.05, 3.63) is 36.3 Å². The van der Waals surface area contributed by atoms with Crippen molar-refractivity contribution in [1.82, 2.24) is 9.55 Å². The molecule has 0 bridgehead atoms. The first-order valence-corrected chi connectivity index (χ1v) is 5.78. The molecule has 1 unspecified atom stereocenters. The summed E-state index contributed by atoms with van der Waals surface area (Å²) in [5.41, 5.74) is 2.01. The van der Waals surface area contributed by atoms with Gasteiger partial charge < -0.3 is 14.8 Å². The number of fused-ring (bicyclic) bond motifs is 1. The fourth-order valence-corrected chi connectivity index (χ4v) is 2.33. The molecule has 17 heavy (non-hydrogen) atoms. The van der Waals surface area contributed by atoms with Crippen LogP contribution in [0.25, 0.3) is 11.3 Å². The quantitative estimate of drug-likeness (QED) is 0.788. The topological polar surface area (TPSA) is 58.3 Å². The van der Waals surface area contributed by atoms with Gasteiger partial charge in [0, 0.05) is 12.1 Å². The highest BCUT2D eigenvalue weighted by Gasteiger charge is 2.22. The molecule has 88 valence electrons. The highest BCUT2D eigenvalue weighted by molar-refractivity contribution is 5.60. The van der Waals surface area contributed by atoms with Crippen LogP contribution < -0.4 is 0 Å². The average molecular weight is 230 g/mol. The van der Waals surface area contributed by atoms with Crippen molar-refractivity contribution in [2.45, 2.75) is 25.5 Å². The van der Waals surface area contributed by atoms with E-state index in [9.17, 15) is 10.2 Å². The number of aliphatic hydroxyl groups excluding tert-OH is 1. The smallest absolute Gasteiger partial charge is 0.138 e. The lowest BCUT2D eigenvalue weighted by atomic mass is 10.1. The summed E-state index contributed by atoms with van der Waals surface area (Å²) in [5, 5.41) is 19.1. The molecule has 1 aliphatic rings. The Morgan fingerprint density at radius 1 is 1.24 bits per heavy atom. The van der Waals surface area contributed by atoms with Crippen molar-refractivity contribution in [3.63, 3.8) is 0 Å².